The number of Topliss-reactive ketones (excluding diaryl/α,β-unsaturated/α-hetero) is 1. The van der Waals surface area contributed by atoms with Crippen molar-refractivity contribution in [1.29, 1.82) is 0 Å². The summed E-state index contributed by atoms with van der Waals surface area (Å²) >= 11 is 0. The average molecular weight is 386 g/mol. The molecule has 0 aromatic heterocycles. The SMILES string of the molecule is C=C1CCC2C3CCC4CC(=NOCCCC(C)=O)CC[C@]4(C)C3CC[C@]12C. The van der Waals surface area contributed by atoms with E-state index in [4.69, 9.17) is 4.84 Å². The Morgan fingerprint density at radius 3 is 2.75 bits per heavy atom. The van der Waals surface area contributed by atoms with Crippen molar-refractivity contribution in [2.24, 2.45) is 39.7 Å². The van der Waals surface area contributed by atoms with Gasteiger partial charge in [-0.2, -0.15) is 0 Å². The van der Waals surface area contributed by atoms with Gasteiger partial charge in [-0.1, -0.05) is 31.2 Å². The number of rotatable bonds is 5. The van der Waals surface area contributed by atoms with Crippen LogP contribution >= 0.6 is 0 Å². The number of allylic oxidation sites excluding steroid dienone is 1. The molecule has 0 aliphatic heterocycles. The lowest BCUT2D eigenvalue weighted by atomic mass is 9.45. The summed E-state index contributed by atoms with van der Waals surface area (Å²) in [6.07, 6.45) is 13.1. The summed E-state index contributed by atoms with van der Waals surface area (Å²) in [6.45, 7) is 11.8. The summed E-state index contributed by atoms with van der Waals surface area (Å²) in [7, 11) is 0. The topological polar surface area (TPSA) is 38.7 Å². The molecule has 0 radical (unpaired) electrons. The fourth-order valence-corrected chi connectivity index (χ4v) is 7.57. The monoisotopic (exact) mass is 385 g/mol. The third kappa shape index (κ3) is 3.37. The second kappa shape index (κ2) is 7.61. The number of oxime groups is 1. The van der Waals surface area contributed by atoms with E-state index in [9.17, 15) is 4.79 Å². The fourth-order valence-electron chi connectivity index (χ4n) is 7.57. The molecule has 0 spiro atoms. The number of hydrogen-bond donors (Lipinski definition) is 0. The van der Waals surface area contributed by atoms with Gasteiger partial charge in [0.25, 0.3) is 0 Å². The predicted molar refractivity (Wildman–Crippen MR) is 114 cm³/mol. The van der Waals surface area contributed by atoms with Gasteiger partial charge in [-0.15, -0.1) is 0 Å². The lowest BCUT2D eigenvalue weighted by Crippen LogP contribution is -2.52. The molecule has 6 atom stereocenters. The lowest BCUT2D eigenvalue weighted by Gasteiger charge is -2.60. The van der Waals surface area contributed by atoms with E-state index >= 15 is 0 Å². The van der Waals surface area contributed by atoms with Crippen molar-refractivity contribution in [3.63, 3.8) is 0 Å². The van der Waals surface area contributed by atoms with Crippen molar-refractivity contribution in [3.8, 4) is 0 Å². The summed E-state index contributed by atoms with van der Waals surface area (Å²) < 4.78 is 0. The number of hydrogen-bond acceptors (Lipinski definition) is 3. The van der Waals surface area contributed by atoms with Crippen LogP contribution in [-0.4, -0.2) is 18.1 Å². The molecule has 4 rings (SSSR count). The lowest BCUT2D eigenvalue weighted by molar-refractivity contribution is -0.117. The third-order valence-electron chi connectivity index (χ3n) is 9.41. The molecule has 3 nitrogen and oxygen atoms in total. The van der Waals surface area contributed by atoms with Gasteiger partial charge in [0, 0.05) is 6.42 Å². The summed E-state index contributed by atoms with van der Waals surface area (Å²) in [6, 6.07) is 0. The molecule has 0 aromatic rings. The number of nitrogens with zero attached hydrogens (tertiary/aromatic N) is 1. The number of carbonyl (C=O) groups excluding carboxylic acids is 1. The Hall–Kier alpha value is -1.12. The van der Waals surface area contributed by atoms with Crippen LogP contribution in [0, 0.1) is 34.5 Å². The highest BCUT2D eigenvalue weighted by Gasteiger charge is 2.58. The first kappa shape index (κ1) is 20.2. The molecule has 4 fully saturated rings. The van der Waals surface area contributed by atoms with Crippen molar-refractivity contribution in [2.45, 2.75) is 91.4 Å². The van der Waals surface area contributed by atoms with E-state index in [-0.39, 0.29) is 5.78 Å². The molecule has 0 bridgehead atoms. The minimum atomic E-state index is 0.232. The molecule has 0 heterocycles. The van der Waals surface area contributed by atoms with Crippen molar-refractivity contribution in [2.75, 3.05) is 6.61 Å². The van der Waals surface area contributed by atoms with Crippen LogP contribution in [0.4, 0.5) is 0 Å². The van der Waals surface area contributed by atoms with Gasteiger partial charge in [-0.05, 0) is 106 Å². The maximum atomic E-state index is 11.0. The number of fused-ring (bicyclic) bond motifs is 5. The molecule has 4 aliphatic carbocycles. The molecule has 0 aromatic carbocycles. The summed E-state index contributed by atoms with van der Waals surface area (Å²) in [5, 5.41) is 4.47. The van der Waals surface area contributed by atoms with Gasteiger partial charge >= 0.3 is 0 Å². The maximum absolute atomic E-state index is 11.0. The van der Waals surface area contributed by atoms with Gasteiger partial charge in [0.15, 0.2) is 0 Å². The Kier molecular flexibility index (Phi) is 5.48. The van der Waals surface area contributed by atoms with Crippen molar-refractivity contribution >= 4 is 11.5 Å². The number of ketones is 1. The van der Waals surface area contributed by atoms with Crippen molar-refractivity contribution in [1.82, 2.24) is 0 Å². The van der Waals surface area contributed by atoms with Gasteiger partial charge in [-0.3, -0.25) is 0 Å². The summed E-state index contributed by atoms with van der Waals surface area (Å²) in [4.78, 5) is 16.6. The minimum absolute atomic E-state index is 0.232. The molecular formula is C25H39NO2. The van der Waals surface area contributed by atoms with E-state index < -0.39 is 0 Å². The second-order valence-corrected chi connectivity index (χ2v) is 10.8. The Morgan fingerprint density at radius 2 is 1.96 bits per heavy atom. The summed E-state index contributed by atoms with van der Waals surface area (Å²) in [5.74, 6) is 3.71. The van der Waals surface area contributed by atoms with E-state index in [1.807, 2.05) is 0 Å². The quantitative estimate of drug-likeness (QED) is 0.315. The highest BCUT2D eigenvalue weighted by Crippen LogP contribution is 2.66. The van der Waals surface area contributed by atoms with E-state index in [1.54, 1.807) is 12.5 Å². The third-order valence-corrected chi connectivity index (χ3v) is 9.41. The van der Waals surface area contributed by atoms with Crippen LogP contribution < -0.4 is 0 Å². The Balaban J connectivity index is 1.39. The van der Waals surface area contributed by atoms with Crippen LogP contribution in [0.1, 0.15) is 91.4 Å². The molecular weight excluding hydrogens is 346 g/mol. The minimum Gasteiger partial charge on any atom is -0.396 e. The fraction of sp³-hybridized carbons (Fsp3) is 0.840. The average Bonchev–Trinajstić information content (AvgIpc) is 2.96. The first-order chi connectivity index (χ1) is 13.3. The highest BCUT2D eigenvalue weighted by atomic mass is 16.6. The molecule has 4 saturated carbocycles. The van der Waals surface area contributed by atoms with E-state index in [0.29, 0.717) is 23.9 Å². The second-order valence-electron chi connectivity index (χ2n) is 10.8. The molecule has 156 valence electrons. The first-order valence-corrected chi connectivity index (χ1v) is 11.7. The Labute approximate surface area is 171 Å². The number of carbonyl (C=O) groups is 1. The van der Waals surface area contributed by atoms with Crippen LogP contribution in [0.2, 0.25) is 0 Å². The van der Waals surface area contributed by atoms with Crippen LogP contribution in [0.15, 0.2) is 17.3 Å². The van der Waals surface area contributed by atoms with Gasteiger partial charge in [0.05, 0.1) is 5.71 Å². The van der Waals surface area contributed by atoms with Crippen molar-refractivity contribution < 1.29 is 9.63 Å². The molecule has 0 amide bonds. The van der Waals surface area contributed by atoms with Gasteiger partial charge in [-0.25, -0.2) is 0 Å². The van der Waals surface area contributed by atoms with E-state index in [2.05, 4.69) is 25.6 Å². The molecule has 3 heteroatoms. The van der Waals surface area contributed by atoms with Crippen LogP contribution in [0.5, 0.6) is 0 Å². The van der Waals surface area contributed by atoms with Crippen LogP contribution in [0.3, 0.4) is 0 Å². The van der Waals surface area contributed by atoms with Gasteiger partial charge < -0.3 is 9.63 Å². The largest absolute Gasteiger partial charge is 0.396 e. The molecule has 0 saturated heterocycles. The van der Waals surface area contributed by atoms with Crippen LogP contribution in [-0.2, 0) is 9.63 Å². The molecule has 4 aliphatic rings. The standard InChI is InChI=1S/C25H39NO2/c1-17-7-10-22-21-9-8-19-16-20(26-28-15-5-6-18(2)27)11-13-25(19,4)23(21)12-14-24(17,22)3/h19,21-23H,1,5-16H2,2-4H3/t19?,21?,22?,23?,24-,25+/m1/s1. The summed E-state index contributed by atoms with van der Waals surface area (Å²) in [5.41, 5.74) is 3.73. The Bertz CT molecular complexity index is 667. The zero-order valence-electron chi connectivity index (χ0n) is 18.3. The molecule has 0 N–H and O–H groups in total. The molecule has 28 heavy (non-hydrogen) atoms. The van der Waals surface area contributed by atoms with Gasteiger partial charge in [0.2, 0.25) is 0 Å². The Morgan fingerprint density at radius 1 is 1.14 bits per heavy atom. The normalized spacial score (nSPS) is 44.0. The van der Waals surface area contributed by atoms with Gasteiger partial charge in [0.1, 0.15) is 12.4 Å². The van der Waals surface area contributed by atoms with Crippen molar-refractivity contribution in [3.05, 3.63) is 12.2 Å². The zero-order valence-corrected chi connectivity index (χ0v) is 18.3. The van der Waals surface area contributed by atoms with E-state index in [0.717, 1.165) is 42.9 Å². The maximum Gasteiger partial charge on any atom is 0.129 e. The van der Waals surface area contributed by atoms with Crippen LogP contribution in [0.25, 0.3) is 0 Å². The smallest absolute Gasteiger partial charge is 0.129 e. The predicted octanol–water partition coefficient (Wildman–Crippen LogP) is 6.33. The van der Waals surface area contributed by atoms with E-state index in [1.165, 1.54) is 50.7 Å². The molecule has 4 unspecified atom stereocenters. The first-order valence-electron chi connectivity index (χ1n) is 11.7. The highest BCUT2D eigenvalue weighted by molar-refractivity contribution is 5.85. The zero-order chi connectivity index (χ0) is 19.9.